The van der Waals surface area contributed by atoms with Gasteiger partial charge in [-0.2, -0.15) is 0 Å². The highest BCUT2D eigenvalue weighted by molar-refractivity contribution is 5.89. The van der Waals surface area contributed by atoms with Crippen LogP contribution in [0.4, 0.5) is 0 Å². The van der Waals surface area contributed by atoms with E-state index in [2.05, 4.69) is 32.9 Å². The third-order valence-electron chi connectivity index (χ3n) is 3.71. The Labute approximate surface area is 157 Å². The lowest BCUT2D eigenvalue weighted by atomic mass is 10.1. The molecule has 0 N–H and O–H groups in total. The fourth-order valence-electron chi connectivity index (χ4n) is 2.23. The van der Waals surface area contributed by atoms with Gasteiger partial charge in [-0.3, -0.25) is 0 Å². The van der Waals surface area contributed by atoms with Crippen molar-refractivity contribution in [1.82, 2.24) is 0 Å². The summed E-state index contributed by atoms with van der Waals surface area (Å²) in [4.78, 5) is 11.6. The SMILES string of the molecule is CCOC(=O)c1ccc(OCCCOC/C=C(\C)CCC=C(C)C)cc1. The molecular weight excluding hydrogens is 328 g/mol. The maximum absolute atomic E-state index is 11.6. The Bertz CT molecular complexity index is 581. The Balaban J connectivity index is 2.13. The Morgan fingerprint density at radius 3 is 2.42 bits per heavy atom. The van der Waals surface area contributed by atoms with E-state index >= 15 is 0 Å². The van der Waals surface area contributed by atoms with E-state index in [-0.39, 0.29) is 5.97 Å². The molecule has 0 saturated heterocycles. The molecule has 0 aliphatic heterocycles. The molecule has 4 heteroatoms. The highest BCUT2D eigenvalue weighted by Gasteiger charge is 2.05. The number of allylic oxidation sites excluding steroid dienone is 3. The summed E-state index contributed by atoms with van der Waals surface area (Å²) in [7, 11) is 0. The highest BCUT2D eigenvalue weighted by Crippen LogP contribution is 2.13. The molecule has 144 valence electrons. The predicted molar refractivity (Wildman–Crippen MR) is 106 cm³/mol. The Hall–Kier alpha value is -2.07. The van der Waals surface area contributed by atoms with Crippen molar-refractivity contribution in [2.24, 2.45) is 0 Å². The zero-order chi connectivity index (χ0) is 19.2. The van der Waals surface area contributed by atoms with Gasteiger partial charge in [0.05, 0.1) is 32.0 Å². The molecule has 0 fully saturated rings. The monoisotopic (exact) mass is 360 g/mol. The van der Waals surface area contributed by atoms with Gasteiger partial charge < -0.3 is 14.2 Å². The van der Waals surface area contributed by atoms with Crippen molar-refractivity contribution in [2.45, 2.75) is 47.0 Å². The average Bonchev–Trinajstić information content (AvgIpc) is 2.61. The van der Waals surface area contributed by atoms with Crippen LogP contribution in [0.3, 0.4) is 0 Å². The molecule has 1 aromatic rings. The summed E-state index contributed by atoms with van der Waals surface area (Å²) in [6, 6.07) is 7.00. The molecule has 0 aromatic heterocycles. The molecule has 1 aromatic carbocycles. The van der Waals surface area contributed by atoms with Gasteiger partial charge in [0, 0.05) is 6.42 Å². The van der Waals surface area contributed by atoms with Gasteiger partial charge in [0.25, 0.3) is 0 Å². The van der Waals surface area contributed by atoms with Gasteiger partial charge in [0.2, 0.25) is 0 Å². The zero-order valence-corrected chi connectivity index (χ0v) is 16.5. The molecule has 0 radical (unpaired) electrons. The lowest BCUT2D eigenvalue weighted by molar-refractivity contribution is 0.0526. The molecule has 0 spiro atoms. The van der Waals surface area contributed by atoms with Crippen LogP contribution < -0.4 is 4.74 Å². The third kappa shape index (κ3) is 10.0. The average molecular weight is 360 g/mol. The van der Waals surface area contributed by atoms with Gasteiger partial charge in [0.1, 0.15) is 5.75 Å². The molecule has 0 bridgehead atoms. The van der Waals surface area contributed by atoms with Gasteiger partial charge in [0.15, 0.2) is 0 Å². The molecule has 4 nitrogen and oxygen atoms in total. The summed E-state index contributed by atoms with van der Waals surface area (Å²) >= 11 is 0. The molecule has 1 rings (SSSR count). The lowest BCUT2D eigenvalue weighted by Crippen LogP contribution is -2.05. The van der Waals surface area contributed by atoms with E-state index in [0.29, 0.717) is 32.0 Å². The van der Waals surface area contributed by atoms with Crippen LogP contribution in [-0.4, -0.2) is 32.4 Å². The molecule has 26 heavy (non-hydrogen) atoms. The van der Waals surface area contributed by atoms with Crippen LogP contribution in [0.15, 0.2) is 47.6 Å². The molecule has 0 unspecified atom stereocenters. The van der Waals surface area contributed by atoms with Gasteiger partial charge in [-0.1, -0.05) is 23.3 Å². The van der Waals surface area contributed by atoms with E-state index in [4.69, 9.17) is 14.2 Å². The van der Waals surface area contributed by atoms with E-state index < -0.39 is 0 Å². The number of carbonyl (C=O) groups is 1. The number of esters is 1. The van der Waals surface area contributed by atoms with Gasteiger partial charge in [-0.05, 0) is 64.8 Å². The summed E-state index contributed by atoms with van der Waals surface area (Å²) < 4.78 is 16.2. The van der Waals surface area contributed by atoms with E-state index in [9.17, 15) is 4.79 Å². The van der Waals surface area contributed by atoms with Crippen LogP contribution in [0.25, 0.3) is 0 Å². The van der Waals surface area contributed by atoms with Crippen molar-refractivity contribution in [3.8, 4) is 5.75 Å². The quantitative estimate of drug-likeness (QED) is 0.287. The van der Waals surface area contributed by atoms with Crippen molar-refractivity contribution in [1.29, 1.82) is 0 Å². The molecule has 0 aliphatic carbocycles. The third-order valence-corrected chi connectivity index (χ3v) is 3.71. The smallest absolute Gasteiger partial charge is 0.338 e. The highest BCUT2D eigenvalue weighted by atomic mass is 16.5. The van der Waals surface area contributed by atoms with Gasteiger partial charge in [-0.25, -0.2) is 4.79 Å². The Morgan fingerprint density at radius 1 is 1.04 bits per heavy atom. The molecule has 0 amide bonds. The standard InChI is InChI=1S/C22H32O4/c1-5-25-22(23)20-10-12-21(13-11-20)26-16-7-15-24-17-14-19(4)9-6-8-18(2)3/h8,10-14H,5-7,9,15-17H2,1-4H3/b19-14+. The van der Waals surface area contributed by atoms with Crippen LogP contribution >= 0.6 is 0 Å². The number of carbonyl (C=O) groups excluding carboxylic acids is 1. The van der Waals surface area contributed by atoms with Crippen molar-refractivity contribution >= 4 is 5.97 Å². The Kier molecular flexibility index (Phi) is 11.1. The predicted octanol–water partition coefficient (Wildman–Crippen LogP) is 5.34. The van der Waals surface area contributed by atoms with Crippen molar-refractivity contribution in [3.05, 3.63) is 53.1 Å². The first-order valence-electron chi connectivity index (χ1n) is 9.29. The maximum Gasteiger partial charge on any atom is 0.338 e. The summed E-state index contributed by atoms with van der Waals surface area (Å²) in [5.74, 6) is 0.435. The number of benzene rings is 1. The molecule has 0 aliphatic rings. The molecule has 0 saturated carbocycles. The first-order valence-corrected chi connectivity index (χ1v) is 9.29. The van der Waals surface area contributed by atoms with Crippen LogP contribution in [-0.2, 0) is 9.47 Å². The number of rotatable bonds is 12. The first-order chi connectivity index (χ1) is 12.5. The van der Waals surface area contributed by atoms with E-state index in [0.717, 1.165) is 25.0 Å². The summed E-state index contributed by atoms with van der Waals surface area (Å²) in [5.41, 5.74) is 3.26. The van der Waals surface area contributed by atoms with Crippen LogP contribution in [0.1, 0.15) is 57.3 Å². The molecule has 0 heterocycles. The normalized spacial score (nSPS) is 11.2. The first kappa shape index (κ1) is 22.0. The van der Waals surface area contributed by atoms with Gasteiger partial charge in [-0.15, -0.1) is 0 Å². The number of hydrogen-bond donors (Lipinski definition) is 0. The van der Waals surface area contributed by atoms with E-state index in [1.807, 2.05) is 0 Å². The largest absolute Gasteiger partial charge is 0.494 e. The second-order valence-corrected chi connectivity index (χ2v) is 6.39. The van der Waals surface area contributed by atoms with Crippen LogP contribution in [0.5, 0.6) is 5.75 Å². The van der Waals surface area contributed by atoms with Crippen molar-refractivity contribution < 1.29 is 19.0 Å². The van der Waals surface area contributed by atoms with Gasteiger partial charge >= 0.3 is 5.97 Å². The van der Waals surface area contributed by atoms with Crippen LogP contribution in [0, 0.1) is 0 Å². The fraction of sp³-hybridized carbons (Fsp3) is 0.500. The van der Waals surface area contributed by atoms with Crippen molar-refractivity contribution in [2.75, 3.05) is 26.4 Å². The van der Waals surface area contributed by atoms with E-state index in [1.54, 1.807) is 31.2 Å². The number of hydrogen-bond acceptors (Lipinski definition) is 4. The number of ether oxygens (including phenoxy) is 3. The summed E-state index contributed by atoms with van der Waals surface area (Å²) in [6.07, 6.45) is 7.40. The topological polar surface area (TPSA) is 44.8 Å². The Morgan fingerprint density at radius 2 is 1.77 bits per heavy atom. The van der Waals surface area contributed by atoms with E-state index in [1.165, 1.54) is 11.1 Å². The molecular formula is C22H32O4. The molecule has 0 atom stereocenters. The zero-order valence-electron chi connectivity index (χ0n) is 16.5. The summed E-state index contributed by atoms with van der Waals surface area (Å²) in [5, 5.41) is 0. The van der Waals surface area contributed by atoms with Crippen LogP contribution in [0.2, 0.25) is 0 Å². The second kappa shape index (κ2) is 13.2. The second-order valence-electron chi connectivity index (χ2n) is 6.39. The summed E-state index contributed by atoms with van der Waals surface area (Å²) in [6.45, 7) is 10.5. The minimum absolute atomic E-state index is 0.309. The minimum atomic E-state index is -0.309. The minimum Gasteiger partial charge on any atom is -0.494 e. The lowest BCUT2D eigenvalue weighted by Gasteiger charge is -2.07. The van der Waals surface area contributed by atoms with Crippen molar-refractivity contribution in [3.63, 3.8) is 0 Å². The fourth-order valence-corrected chi connectivity index (χ4v) is 2.23. The maximum atomic E-state index is 11.6.